The maximum absolute atomic E-state index is 13.1. The van der Waals surface area contributed by atoms with Crippen molar-refractivity contribution in [2.75, 3.05) is 0 Å². The minimum absolute atomic E-state index is 0.116. The first kappa shape index (κ1) is 9.58. The lowest BCUT2D eigenvalue weighted by molar-refractivity contribution is 0.0977. The molecule has 1 aromatic rings. The Balaban J connectivity index is 3.43. The number of rotatable bonds is 2. The number of carbonyl (C=O) groups excluding carboxylic acids is 2. The zero-order valence-electron chi connectivity index (χ0n) is 7.43. The van der Waals surface area contributed by atoms with E-state index in [1.807, 2.05) is 0 Å². The summed E-state index contributed by atoms with van der Waals surface area (Å²) in [5, 5.41) is 0. The maximum Gasteiger partial charge on any atom is 0.163 e. The first-order valence-corrected chi connectivity index (χ1v) is 3.84. The topological polar surface area (TPSA) is 34.1 Å². The van der Waals surface area contributed by atoms with Gasteiger partial charge in [-0.05, 0) is 19.9 Å². The Morgan fingerprint density at radius 2 is 1.77 bits per heavy atom. The Morgan fingerprint density at radius 3 is 2.15 bits per heavy atom. The Kier molecular flexibility index (Phi) is 2.56. The summed E-state index contributed by atoms with van der Waals surface area (Å²) in [5.74, 6) is -1.37. The van der Waals surface area contributed by atoms with Gasteiger partial charge >= 0.3 is 0 Å². The van der Waals surface area contributed by atoms with Crippen LogP contribution in [0.4, 0.5) is 4.39 Å². The van der Waals surface area contributed by atoms with Gasteiger partial charge in [0.2, 0.25) is 0 Å². The molecule has 0 unspecified atom stereocenters. The molecule has 0 fully saturated rings. The van der Waals surface area contributed by atoms with Gasteiger partial charge in [0, 0.05) is 5.56 Å². The average molecular weight is 180 g/mol. The van der Waals surface area contributed by atoms with Crippen LogP contribution in [0, 0.1) is 5.82 Å². The summed E-state index contributed by atoms with van der Waals surface area (Å²) in [6, 6.07) is 4.03. The summed E-state index contributed by atoms with van der Waals surface area (Å²) in [6.45, 7) is 2.55. The summed E-state index contributed by atoms with van der Waals surface area (Å²) in [7, 11) is 0. The number of halogens is 1. The molecule has 0 bridgehead atoms. The molecule has 0 aliphatic heterocycles. The third kappa shape index (κ3) is 1.80. The van der Waals surface area contributed by atoms with Crippen molar-refractivity contribution in [2.45, 2.75) is 13.8 Å². The lowest BCUT2D eigenvalue weighted by atomic mass is 10.0. The van der Waals surface area contributed by atoms with E-state index in [0.717, 1.165) is 0 Å². The van der Waals surface area contributed by atoms with E-state index in [1.54, 1.807) is 0 Å². The van der Waals surface area contributed by atoms with Crippen molar-refractivity contribution in [1.82, 2.24) is 0 Å². The molecule has 0 aliphatic carbocycles. The lowest BCUT2D eigenvalue weighted by Gasteiger charge is -2.03. The largest absolute Gasteiger partial charge is 0.294 e. The van der Waals surface area contributed by atoms with Gasteiger partial charge in [0.15, 0.2) is 11.6 Å². The molecule has 0 aromatic heterocycles. The highest BCUT2D eigenvalue weighted by Crippen LogP contribution is 2.14. The molecular formula is C10H9FO2. The third-order valence-electron chi connectivity index (χ3n) is 1.74. The summed E-state index contributed by atoms with van der Waals surface area (Å²) < 4.78 is 13.1. The minimum Gasteiger partial charge on any atom is -0.294 e. The number of ketones is 2. The second-order valence-electron chi connectivity index (χ2n) is 2.77. The summed E-state index contributed by atoms with van der Waals surface area (Å²) in [4.78, 5) is 22.0. The summed E-state index contributed by atoms with van der Waals surface area (Å²) in [6.07, 6.45) is 0. The van der Waals surface area contributed by atoms with Crippen LogP contribution < -0.4 is 0 Å². The summed E-state index contributed by atoms with van der Waals surface area (Å²) >= 11 is 0. The Morgan fingerprint density at radius 1 is 1.15 bits per heavy atom. The molecular weight excluding hydrogens is 171 g/mol. The van der Waals surface area contributed by atoms with Gasteiger partial charge in [-0.25, -0.2) is 4.39 Å². The Bertz CT molecular complexity index is 369. The molecule has 0 saturated heterocycles. The fourth-order valence-electron chi connectivity index (χ4n) is 1.18. The first-order valence-electron chi connectivity index (χ1n) is 3.84. The fraction of sp³-hybridized carbons (Fsp3) is 0.200. The highest BCUT2D eigenvalue weighted by molar-refractivity contribution is 6.07. The van der Waals surface area contributed by atoms with Crippen molar-refractivity contribution < 1.29 is 14.0 Å². The number of carbonyl (C=O) groups is 2. The molecule has 0 radical (unpaired) electrons. The quantitative estimate of drug-likeness (QED) is 0.654. The van der Waals surface area contributed by atoms with E-state index < -0.39 is 11.6 Å². The average Bonchev–Trinajstić information content (AvgIpc) is 2.02. The van der Waals surface area contributed by atoms with Gasteiger partial charge in [0.05, 0.1) is 5.56 Å². The van der Waals surface area contributed by atoms with E-state index in [4.69, 9.17) is 0 Å². The van der Waals surface area contributed by atoms with Crippen molar-refractivity contribution in [3.05, 3.63) is 35.1 Å². The molecule has 0 aliphatic rings. The molecule has 3 heteroatoms. The van der Waals surface area contributed by atoms with Crippen molar-refractivity contribution >= 4 is 11.6 Å². The maximum atomic E-state index is 13.1. The van der Waals surface area contributed by atoms with Crippen molar-refractivity contribution in [3.63, 3.8) is 0 Å². The number of hydrogen-bond donors (Lipinski definition) is 0. The highest BCUT2D eigenvalue weighted by atomic mass is 19.1. The Labute approximate surface area is 75.4 Å². The van der Waals surface area contributed by atoms with Crippen LogP contribution in [0.5, 0.6) is 0 Å². The molecule has 0 atom stereocenters. The van der Waals surface area contributed by atoms with E-state index in [0.29, 0.717) is 0 Å². The van der Waals surface area contributed by atoms with Crippen LogP contribution in [0.25, 0.3) is 0 Å². The first-order chi connectivity index (χ1) is 6.04. The standard InChI is InChI=1S/C10H9FO2/c1-6(12)8-4-3-5-9(11)10(8)7(2)13/h3-5H,1-2H3. The molecule has 68 valence electrons. The number of benzene rings is 1. The van der Waals surface area contributed by atoms with Crippen molar-refractivity contribution in [2.24, 2.45) is 0 Å². The molecule has 0 saturated carbocycles. The second-order valence-corrected chi connectivity index (χ2v) is 2.77. The van der Waals surface area contributed by atoms with Crippen molar-refractivity contribution in [1.29, 1.82) is 0 Å². The molecule has 13 heavy (non-hydrogen) atoms. The van der Waals surface area contributed by atoms with E-state index in [2.05, 4.69) is 0 Å². The van der Waals surface area contributed by atoms with Gasteiger partial charge < -0.3 is 0 Å². The van der Waals surface area contributed by atoms with Crippen LogP contribution in [0.1, 0.15) is 34.6 Å². The van der Waals surface area contributed by atoms with E-state index in [1.165, 1.54) is 32.0 Å². The molecule has 1 rings (SSSR count). The van der Waals surface area contributed by atoms with Gasteiger partial charge in [0.1, 0.15) is 5.82 Å². The fourth-order valence-corrected chi connectivity index (χ4v) is 1.18. The zero-order valence-corrected chi connectivity index (χ0v) is 7.43. The number of hydrogen-bond acceptors (Lipinski definition) is 2. The monoisotopic (exact) mass is 180 g/mol. The van der Waals surface area contributed by atoms with Crippen LogP contribution in [0.15, 0.2) is 18.2 Å². The van der Waals surface area contributed by atoms with Crippen LogP contribution in [0.3, 0.4) is 0 Å². The second kappa shape index (κ2) is 3.47. The summed E-state index contributed by atoms with van der Waals surface area (Å²) in [5.41, 5.74) is 0.0301. The van der Waals surface area contributed by atoms with Crippen molar-refractivity contribution in [3.8, 4) is 0 Å². The lowest BCUT2D eigenvalue weighted by Crippen LogP contribution is -2.06. The number of Topliss-reactive ketones (excluding diaryl/α,β-unsaturated/α-hetero) is 2. The molecule has 1 aromatic carbocycles. The molecule has 0 amide bonds. The molecule has 0 heterocycles. The van der Waals surface area contributed by atoms with Crippen LogP contribution in [-0.4, -0.2) is 11.6 Å². The highest BCUT2D eigenvalue weighted by Gasteiger charge is 2.14. The van der Waals surface area contributed by atoms with Gasteiger partial charge in [-0.1, -0.05) is 12.1 Å². The third-order valence-corrected chi connectivity index (χ3v) is 1.74. The smallest absolute Gasteiger partial charge is 0.163 e. The Hall–Kier alpha value is -1.51. The predicted molar refractivity (Wildman–Crippen MR) is 46.4 cm³/mol. The SMILES string of the molecule is CC(=O)c1cccc(F)c1C(C)=O. The van der Waals surface area contributed by atoms with E-state index >= 15 is 0 Å². The van der Waals surface area contributed by atoms with Gasteiger partial charge in [-0.3, -0.25) is 9.59 Å². The normalized spacial score (nSPS) is 9.77. The van der Waals surface area contributed by atoms with Gasteiger partial charge in [-0.2, -0.15) is 0 Å². The van der Waals surface area contributed by atoms with E-state index in [9.17, 15) is 14.0 Å². The van der Waals surface area contributed by atoms with Gasteiger partial charge in [-0.15, -0.1) is 0 Å². The molecule has 0 N–H and O–H groups in total. The van der Waals surface area contributed by atoms with Gasteiger partial charge in [0.25, 0.3) is 0 Å². The minimum atomic E-state index is -0.639. The molecule has 2 nitrogen and oxygen atoms in total. The predicted octanol–water partition coefficient (Wildman–Crippen LogP) is 2.23. The van der Waals surface area contributed by atoms with Crippen LogP contribution >= 0.6 is 0 Å². The van der Waals surface area contributed by atoms with Crippen LogP contribution in [0.2, 0.25) is 0 Å². The molecule has 0 spiro atoms. The van der Waals surface area contributed by atoms with Crippen LogP contribution in [-0.2, 0) is 0 Å². The van der Waals surface area contributed by atoms with E-state index in [-0.39, 0.29) is 16.9 Å². The zero-order chi connectivity index (χ0) is 10.0.